The second-order valence-corrected chi connectivity index (χ2v) is 2.59. The van der Waals surface area contributed by atoms with Crippen LogP contribution in [0.1, 0.15) is 0 Å². The largest absolute Gasteiger partial charge is 1.00 e. The van der Waals surface area contributed by atoms with Gasteiger partial charge in [-0.15, -0.1) is 0 Å². The zero-order valence-electron chi connectivity index (χ0n) is 16.6. The second-order valence-electron chi connectivity index (χ2n) is 2.59. The van der Waals surface area contributed by atoms with Crippen molar-refractivity contribution in [3.63, 3.8) is 0 Å². The van der Waals surface area contributed by atoms with Crippen molar-refractivity contribution in [1.29, 1.82) is 0 Å². The Kier molecular flexibility index (Phi) is 64.8. The number of halogens is 4. The monoisotopic (exact) mass is 384 g/mol. The van der Waals surface area contributed by atoms with Gasteiger partial charge in [-0.3, -0.25) is 7.32 Å². The SMILES string of the molecule is O=C([O-])C(F)(F)C(=O)[O-].O=C([O-])C(F)(F)C(=O)[O-].[Li+].[Li+].[Li+].[Li+].[Li+].[Li+].[Li+].[O-]B([O-])[O-]. The Morgan fingerprint density at radius 2 is 0.552 bits per heavy atom. The maximum Gasteiger partial charge on any atom is 1.00 e. The van der Waals surface area contributed by atoms with Gasteiger partial charge in [-0.05, 0) is 0 Å². The molecule has 0 radical (unpaired) electrons. The van der Waals surface area contributed by atoms with E-state index in [9.17, 15) is 57.2 Å². The fourth-order valence-corrected chi connectivity index (χ4v) is 0.167. The van der Waals surface area contributed by atoms with Gasteiger partial charge in [0, 0.05) is 0 Å². The molecule has 0 bridgehead atoms. The summed E-state index contributed by atoms with van der Waals surface area (Å²) in [7, 11) is -2.92. The van der Waals surface area contributed by atoms with Crippen LogP contribution >= 0.6 is 0 Å². The van der Waals surface area contributed by atoms with Crippen molar-refractivity contribution in [3.8, 4) is 0 Å². The van der Waals surface area contributed by atoms with Gasteiger partial charge in [0.2, 0.25) is 0 Å². The quantitative estimate of drug-likeness (QED) is 0.251. The van der Waals surface area contributed by atoms with Crippen LogP contribution in [0.4, 0.5) is 17.6 Å². The normalized spacial score (nSPS) is 7.69. The van der Waals surface area contributed by atoms with Crippen LogP contribution < -0.4 is 168 Å². The van der Waals surface area contributed by atoms with Crippen LogP contribution in [-0.2, 0) is 19.2 Å². The Labute approximate surface area is 244 Å². The number of hydrogen-bond donors (Lipinski definition) is 0. The molecule has 0 aliphatic heterocycles. The summed E-state index contributed by atoms with van der Waals surface area (Å²) in [6.07, 6.45) is 0. The minimum atomic E-state index is -4.89. The first kappa shape index (κ1) is 63.2. The molecule has 0 amide bonds. The van der Waals surface area contributed by atoms with E-state index in [4.69, 9.17) is 15.1 Å². The summed E-state index contributed by atoms with van der Waals surface area (Å²) in [4.78, 5) is 36.7. The molecule has 29 heavy (non-hydrogen) atoms. The molecular formula is C6BF4Li7O11. The van der Waals surface area contributed by atoms with E-state index in [-0.39, 0.29) is 132 Å². The molecule has 0 aromatic heterocycles. The number of carboxylic acid groups (broad SMARTS) is 4. The Balaban J connectivity index is -0.0000000218. The Bertz CT molecular complexity index is 375. The second kappa shape index (κ2) is 29.7. The van der Waals surface area contributed by atoms with Gasteiger partial charge in [0.25, 0.3) is 0 Å². The van der Waals surface area contributed by atoms with Crippen molar-refractivity contribution >= 4 is 31.2 Å². The molecule has 0 saturated heterocycles. The van der Waals surface area contributed by atoms with Crippen LogP contribution in [0.25, 0.3) is 0 Å². The van der Waals surface area contributed by atoms with Crippen LogP contribution in [0.5, 0.6) is 0 Å². The zero-order valence-corrected chi connectivity index (χ0v) is 16.6. The van der Waals surface area contributed by atoms with Crippen LogP contribution in [0, 0.1) is 0 Å². The number of rotatable bonds is 4. The van der Waals surface area contributed by atoms with Gasteiger partial charge in [0.1, 0.15) is 23.9 Å². The third-order valence-electron chi connectivity index (χ3n) is 1.03. The van der Waals surface area contributed by atoms with E-state index in [2.05, 4.69) is 0 Å². The summed E-state index contributed by atoms with van der Waals surface area (Å²) < 4.78 is 45.4. The third kappa shape index (κ3) is 34.5. The molecule has 0 fully saturated rings. The number of aliphatic carboxylic acids is 4. The first-order valence-electron chi connectivity index (χ1n) is 4.10. The number of hydrogen-bond acceptors (Lipinski definition) is 11. The fraction of sp³-hybridized carbons (Fsp3) is 0.333. The maximum absolute atomic E-state index is 11.3. The first-order chi connectivity index (χ1) is 9.51. The average Bonchev–Trinajstić information content (AvgIpc) is 2.27. The summed E-state index contributed by atoms with van der Waals surface area (Å²) in [5.74, 6) is -21.7. The summed E-state index contributed by atoms with van der Waals surface area (Å²) >= 11 is 0. The molecule has 0 aliphatic carbocycles. The molecule has 0 aromatic carbocycles. The number of alkyl halides is 4. The third-order valence-corrected chi connectivity index (χ3v) is 1.03. The summed E-state index contributed by atoms with van der Waals surface area (Å²) in [6.45, 7) is 0. The van der Waals surface area contributed by atoms with Crippen molar-refractivity contribution in [2.75, 3.05) is 0 Å². The predicted octanol–water partition coefficient (Wildman–Crippen LogP) is -30.7. The summed E-state index contributed by atoms with van der Waals surface area (Å²) in [5.41, 5.74) is 0. The molecule has 0 unspecified atom stereocenters. The minimum absolute atomic E-state index is 0. The molecular weight excluding hydrogens is 383 g/mol. The van der Waals surface area contributed by atoms with Gasteiger partial charge in [-0.2, -0.15) is 17.6 Å². The molecule has 0 rings (SSSR count). The van der Waals surface area contributed by atoms with Crippen molar-refractivity contribution in [2.45, 2.75) is 11.8 Å². The molecule has 0 spiro atoms. The number of carbonyl (C=O) groups excluding carboxylic acids is 4. The summed E-state index contributed by atoms with van der Waals surface area (Å²) in [5, 5.41) is 62.0. The van der Waals surface area contributed by atoms with Crippen molar-refractivity contribution in [1.82, 2.24) is 0 Å². The molecule has 0 heterocycles. The van der Waals surface area contributed by atoms with E-state index < -0.39 is 43.0 Å². The molecule has 0 saturated carbocycles. The average molecular weight is 383 g/mol. The summed E-state index contributed by atoms with van der Waals surface area (Å²) in [6, 6.07) is 0. The van der Waals surface area contributed by atoms with Gasteiger partial charge >= 0.3 is 144 Å². The van der Waals surface area contributed by atoms with E-state index in [1.54, 1.807) is 0 Å². The molecule has 11 nitrogen and oxygen atoms in total. The van der Waals surface area contributed by atoms with Crippen LogP contribution in [0.15, 0.2) is 0 Å². The van der Waals surface area contributed by atoms with Gasteiger partial charge in [0.05, 0.1) is 0 Å². The molecule has 128 valence electrons. The van der Waals surface area contributed by atoms with E-state index in [1.807, 2.05) is 0 Å². The molecule has 0 aromatic rings. The molecule has 23 heteroatoms. The fourth-order valence-electron chi connectivity index (χ4n) is 0.167. The van der Waals surface area contributed by atoms with Crippen LogP contribution in [0.3, 0.4) is 0 Å². The van der Waals surface area contributed by atoms with E-state index in [1.165, 1.54) is 0 Å². The number of carbonyl (C=O) groups is 4. The smallest absolute Gasteiger partial charge is 0.907 e. The predicted molar refractivity (Wildman–Crippen MR) is 35.7 cm³/mol. The van der Waals surface area contributed by atoms with Crippen molar-refractivity contribution < 1.29 is 204 Å². The van der Waals surface area contributed by atoms with Crippen molar-refractivity contribution in [3.05, 3.63) is 0 Å². The Hall–Kier alpha value is 1.73. The van der Waals surface area contributed by atoms with Crippen LogP contribution in [0.2, 0.25) is 0 Å². The Morgan fingerprint density at radius 1 is 0.483 bits per heavy atom. The van der Waals surface area contributed by atoms with E-state index in [0.717, 1.165) is 0 Å². The van der Waals surface area contributed by atoms with E-state index >= 15 is 0 Å². The van der Waals surface area contributed by atoms with Gasteiger partial charge < -0.3 is 54.7 Å². The first-order valence-corrected chi connectivity index (χ1v) is 4.10. The maximum atomic E-state index is 11.3. The van der Waals surface area contributed by atoms with E-state index in [0.29, 0.717) is 0 Å². The molecule has 0 aliphatic rings. The molecule has 0 N–H and O–H groups in total. The van der Waals surface area contributed by atoms with Crippen LogP contribution in [-0.4, -0.2) is 43.0 Å². The van der Waals surface area contributed by atoms with Crippen molar-refractivity contribution in [2.24, 2.45) is 0 Å². The molecule has 0 atom stereocenters. The Morgan fingerprint density at radius 3 is 0.552 bits per heavy atom. The van der Waals surface area contributed by atoms with Gasteiger partial charge in [-0.25, -0.2) is 0 Å². The van der Waals surface area contributed by atoms with Gasteiger partial charge in [0.15, 0.2) is 0 Å². The number of carboxylic acids is 4. The standard InChI is InChI=1S/2C3H2F2O4.BO3.7Li/c2*4-3(5,1(6)7)2(8)9;2-1(3)4;;;;;;;/h2*(H,6,7)(H,8,9);;;;;;;;/q;;-3;7*+1/p-4. The topological polar surface area (TPSA) is 230 Å². The van der Waals surface area contributed by atoms with Gasteiger partial charge in [-0.1, -0.05) is 0 Å². The minimum Gasteiger partial charge on any atom is -0.907 e. The zero-order chi connectivity index (χ0) is 18.9.